The summed E-state index contributed by atoms with van der Waals surface area (Å²) >= 11 is 5.37. The molecule has 1 aromatic rings. The molecule has 0 spiro atoms. The molecule has 0 saturated heterocycles. The summed E-state index contributed by atoms with van der Waals surface area (Å²) in [6.07, 6.45) is 5.27. The van der Waals surface area contributed by atoms with Crippen LogP contribution in [0.1, 0.15) is 12.5 Å². The summed E-state index contributed by atoms with van der Waals surface area (Å²) in [5.41, 5.74) is 7.47. The molecule has 0 radical (unpaired) electrons. The standard InChI is InChI=1S/C12H14ClNO/c1-9(2-7-12(13)15)8-10-3-5-11(14)6-4-10/h2-8,12,15H,14H2,1H3/b7-2+,9-8+. The minimum atomic E-state index is -0.931. The van der Waals surface area contributed by atoms with Crippen LogP contribution in [0.15, 0.2) is 42.0 Å². The zero-order valence-corrected chi connectivity index (χ0v) is 9.28. The van der Waals surface area contributed by atoms with Crippen LogP contribution in [-0.2, 0) is 0 Å². The topological polar surface area (TPSA) is 46.2 Å². The van der Waals surface area contributed by atoms with Gasteiger partial charge < -0.3 is 10.8 Å². The Kier molecular flexibility index (Phi) is 4.40. The number of hydrogen-bond donors (Lipinski definition) is 2. The van der Waals surface area contributed by atoms with Crippen molar-refractivity contribution in [1.82, 2.24) is 0 Å². The van der Waals surface area contributed by atoms with Gasteiger partial charge in [0.15, 0.2) is 0 Å². The van der Waals surface area contributed by atoms with E-state index in [0.717, 1.165) is 16.8 Å². The van der Waals surface area contributed by atoms with Crippen molar-refractivity contribution in [3.8, 4) is 0 Å². The first-order chi connectivity index (χ1) is 7.08. The predicted molar refractivity (Wildman–Crippen MR) is 65.5 cm³/mol. The Morgan fingerprint density at radius 2 is 2.00 bits per heavy atom. The Bertz CT molecular complexity index is 366. The molecular weight excluding hydrogens is 210 g/mol. The average molecular weight is 224 g/mol. The van der Waals surface area contributed by atoms with Crippen LogP contribution in [0.4, 0.5) is 5.69 Å². The maximum Gasteiger partial charge on any atom is 0.146 e. The van der Waals surface area contributed by atoms with E-state index in [1.165, 1.54) is 6.08 Å². The third-order valence-electron chi connectivity index (χ3n) is 1.85. The van der Waals surface area contributed by atoms with Crippen LogP contribution in [0.25, 0.3) is 6.08 Å². The largest absolute Gasteiger partial charge is 0.399 e. The first-order valence-corrected chi connectivity index (χ1v) is 5.06. The zero-order chi connectivity index (χ0) is 11.3. The number of hydrogen-bond acceptors (Lipinski definition) is 2. The quantitative estimate of drug-likeness (QED) is 0.470. The van der Waals surface area contributed by atoms with Gasteiger partial charge in [0.05, 0.1) is 0 Å². The van der Waals surface area contributed by atoms with Gasteiger partial charge in [-0.25, -0.2) is 0 Å². The minimum absolute atomic E-state index is 0.747. The van der Waals surface area contributed by atoms with Crippen molar-refractivity contribution < 1.29 is 5.11 Å². The Hall–Kier alpha value is -1.25. The Morgan fingerprint density at radius 3 is 2.53 bits per heavy atom. The van der Waals surface area contributed by atoms with E-state index in [1.54, 1.807) is 6.08 Å². The summed E-state index contributed by atoms with van der Waals surface area (Å²) in [5.74, 6) is 0. The molecule has 0 bridgehead atoms. The SMILES string of the molecule is CC(/C=C/C(O)Cl)=C\c1ccc(N)cc1. The zero-order valence-electron chi connectivity index (χ0n) is 8.52. The smallest absolute Gasteiger partial charge is 0.146 e. The van der Waals surface area contributed by atoms with Crippen molar-refractivity contribution in [2.45, 2.75) is 12.5 Å². The average Bonchev–Trinajstić information content (AvgIpc) is 2.19. The number of rotatable bonds is 3. The molecule has 0 saturated carbocycles. The highest BCUT2D eigenvalue weighted by atomic mass is 35.5. The first kappa shape index (κ1) is 11.8. The van der Waals surface area contributed by atoms with Crippen LogP contribution in [-0.4, -0.2) is 10.7 Å². The van der Waals surface area contributed by atoms with E-state index >= 15 is 0 Å². The third-order valence-corrected chi connectivity index (χ3v) is 1.99. The minimum Gasteiger partial charge on any atom is -0.399 e. The molecule has 3 heteroatoms. The molecule has 0 aliphatic heterocycles. The number of halogens is 1. The molecule has 15 heavy (non-hydrogen) atoms. The van der Waals surface area contributed by atoms with Gasteiger partial charge >= 0.3 is 0 Å². The highest BCUT2D eigenvalue weighted by Gasteiger charge is 1.91. The number of benzene rings is 1. The molecule has 80 valence electrons. The highest BCUT2D eigenvalue weighted by molar-refractivity contribution is 6.20. The summed E-state index contributed by atoms with van der Waals surface area (Å²) in [6.45, 7) is 1.94. The fraction of sp³-hybridized carbons (Fsp3) is 0.167. The van der Waals surface area contributed by atoms with Crippen LogP contribution in [0.3, 0.4) is 0 Å². The first-order valence-electron chi connectivity index (χ1n) is 4.62. The Labute approximate surface area is 94.7 Å². The predicted octanol–water partition coefficient (Wildman–Crippen LogP) is 2.79. The van der Waals surface area contributed by atoms with E-state index in [1.807, 2.05) is 37.3 Å². The van der Waals surface area contributed by atoms with E-state index in [4.69, 9.17) is 22.4 Å². The summed E-state index contributed by atoms with van der Waals surface area (Å²) in [7, 11) is 0. The van der Waals surface area contributed by atoms with Crippen molar-refractivity contribution in [3.63, 3.8) is 0 Å². The summed E-state index contributed by atoms with van der Waals surface area (Å²) in [5, 5.41) is 8.84. The van der Waals surface area contributed by atoms with Crippen LogP contribution in [0, 0.1) is 0 Å². The van der Waals surface area contributed by atoms with Crippen molar-refractivity contribution in [1.29, 1.82) is 0 Å². The second kappa shape index (κ2) is 5.59. The van der Waals surface area contributed by atoms with Gasteiger partial charge in [-0.1, -0.05) is 41.5 Å². The van der Waals surface area contributed by atoms with Gasteiger partial charge in [0.1, 0.15) is 5.56 Å². The number of aliphatic hydroxyl groups excluding tert-OH is 1. The van der Waals surface area contributed by atoms with E-state index in [9.17, 15) is 0 Å². The maximum atomic E-state index is 8.84. The van der Waals surface area contributed by atoms with Gasteiger partial charge in [0.2, 0.25) is 0 Å². The van der Waals surface area contributed by atoms with Crippen molar-refractivity contribution in [2.24, 2.45) is 0 Å². The van der Waals surface area contributed by atoms with E-state index < -0.39 is 5.56 Å². The molecule has 1 aromatic carbocycles. The van der Waals surface area contributed by atoms with Crippen molar-refractivity contribution in [2.75, 3.05) is 5.73 Å². The van der Waals surface area contributed by atoms with Crippen LogP contribution in [0.5, 0.6) is 0 Å². The second-order valence-corrected chi connectivity index (χ2v) is 3.73. The molecule has 2 nitrogen and oxygen atoms in total. The lowest BCUT2D eigenvalue weighted by molar-refractivity contribution is 0.303. The molecule has 1 rings (SSSR count). The number of anilines is 1. The fourth-order valence-electron chi connectivity index (χ4n) is 1.13. The maximum absolute atomic E-state index is 8.84. The lowest BCUT2D eigenvalue weighted by Crippen LogP contribution is -1.87. The van der Waals surface area contributed by atoms with Crippen LogP contribution in [0.2, 0.25) is 0 Å². The number of alkyl halides is 1. The number of allylic oxidation sites excluding steroid dienone is 2. The van der Waals surface area contributed by atoms with E-state index in [-0.39, 0.29) is 0 Å². The van der Waals surface area contributed by atoms with Crippen molar-refractivity contribution >= 4 is 23.4 Å². The van der Waals surface area contributed by atoms with Gasteiger partial charge in [0.25, 0.3) is 0 Å². The molecule has 0 aliphatic rings. The Morgan fingerprint density at radius 1 is 1.40 bits per heavy atom. The normalized spacial score (nSPS) is 14.5. The van der Waals surface area contributed by atoms with E-state index in [2.05, 4.69) is 0 Å². The summed E-state index contributed by atoms with van der Waals surface area (Å²) < 4.78 is 0. The highest BCUT2D eigenvalue weighted by Crippen LogP contribution is 2.10. The molecule has 1 unspecified atom stereocenters. The summed E-state index contributed by atoms with van der Waals surface area (Å²) in [6, 6.07) is 7.56. The van der Waals surface area contributed by atoms with E-state index in [0.29, 0.717) is 0 Å². The molecular formula is C12H14ClNO. The monoisotopic (exact) mass is 223 g/mol. The number of nitrogen functional groups attached to an aromatic ring is 1. The summed E-state index contributed by atoms with van der Waals surface area (Å²) in [4.78, 5) is 0. The number of aliphatic hydroxyl groups is 1. The molecule has 0 amide bonds. The second-order valence-electron chi connectivity index (χ2n) is 3.29. The molecule has 0 aromatic heterocycles. The molecule has 3 N–H and O–H groups in total. The lowest BCUT2D eigenvalue weighted by Gasteiger charge is -1.97. The van der Waals surface area contributed by atoms with Gasteiger partial charge in [-0.05, 0) is 30.7 Å². The third kappa shape index (κ3) is 4.68. The van der Waals surface area contributed by atoms with Crippen molar-refractivity contribution in [3.05, 3.63) is 47.6 Å². The van der Waals surface area contributed by atoms with Crippen LogP contribution >= 0.6 is 11.6 Å². The fourth-order valence-corrected chi connectivity index (χ4v) is 1.21. The van der Waals surface area contributed by atoms with Crippen LogP contribution < -0.4 is 5.73 Å². The van der Waals surface area contributed by atoms with Gasteiger partial charge in [-0.15, -0.1) is 0 Å². The van der Waals surface area contributed by atoms with Gasteiger partial charge in [-0.3, -0.25) is 0 Å². The molecule has 0 aliphatic carbocycles. The van der Waals surface area contributed by atoms with Gasteiger partial charge in [-0.2, -0.15) is 0 Å². The molecule has 1 atom stereocenters. The Balaban J connectivity index is 2.74. The number of nitrogens with two attached hydrogens (primary N) is 1. The molecule has 0 fully saturated rings. The molecule has 0 heterocycles. The van der Waals surface area contributed by atoms with Gasteiger partial charge in [0, 0.05) is 5.69 Å². The lowest BCUT2D eigenvalue weighted by atomic mass is 10.1.